The number of carboxylic acids is 1. The Kier molecular flexibility index (Phi) is 10.4. The Bertz CT molecular complexity index is 1460. The molecule has 3 aromatic rings. The number of rotatable bonds is 11. The molecule has 1 amide bonds. The lowest BCUT2D eigenvalue weighted by atomic mass is 9.87. The number of ether oxygens (including phenoxy) is 2. The fourth-order valence-electron chi connectivity index (χ4n) is 5.71. The fourth-order valence-corrected chi connectivity index (χ4v) is 5.71. The number of carboxylic acid groups (broad SMARTS) is 1. The van der Waals surface area contributed by atoms with Crippen molar-refractivity contribution in [2.24, 2.45) is 11.8 Å². The Balaban J connectivity index is 0.00000461. The normalized spacial score (nSPS) is 19.7. The lowest BCUT2D eigenvalue weighted by Crippen LogP contribution is -2.36. The zero-order chi connectivity index (χ0) is 31.6. The first kappa shape index (κ1) is 34.1. The molecule has 1 heterocycles. The van der Waals surface area contributed by atoms with Gasteiger partial charge in [0.25, 0.3) is 5.91 Å². The highest BCUT2D eigenvalue weighted by atomic mass is 35.5. The SMILES string of the molecule is CC(C)(C)c1ccc(O[C@@H](Cc2ccc(OCCNC3C4CN(C(=O)c5cccc(C(F)(F)F)c5)C[C@@H]43)cc2)C(=O)O)cc1.Cl. The fraction of sp³-hybridized carbons (Fsp3) is 0.412. The van der Waals surface area contributed by atoms with Crippen molar-refractivity contribution in [2.75, 3.05) is 26.2 Å². The van der Waals surface area contributed by atoms with Crippen LogP contribution in [0.4, 0.5) is 13.2 Å². The highest BCUT2D eigenvalue weighted by Gasteiger charge is 2.56. The minimum atomic E-state index is -4.49. The summed E-state index contributed by atoms with van der Waals surface area (Å²) in [5.74, 6) is 0.325. The van der Waals surface area contributed by atoms with Gasteiger partial charge in [0.15, 0.2) is 6.10 Å². The van der Waals surface area contributed by atoms with Crippen LogP contribution in [0.1, 0.15) is 47.8 Å². The largest absolute Gasteiger partial charge is 0.492 e. The van der Waals surface area contributed by atoms with E-state index in [-0.39, 0.29) is 53.6 Å². The summed E-state index contributed by atoms with van der Waals surface area (Å²) >= 11 is 0. The second kappa shape index (κ2) is 13.7. The molecule has 242 valence electrons. The molecule has 0 bridgehead atoms. The number of aliphatic carboxylic acids is 1. The summed E-state index contributed by atoms with van der Waals surface area (Å²) in [4.78, 5) is 26.2. The molecule has 45 heavy (non-hydrogen) atoms. The van der Waals surface area contributed by atoms with Crippen LogP contribution in [0.25, 0.3) is 0 Å². The van der Waals surface area contributed by atoms with Crippen molar-refractivity contribution < 1.29 is 37.3 Å². The number of likely N-dealkylation sites (tertiary alicyclic amines) is 1. The first-order valence-corrected chi connectivity index (χ1v) is 14.7. The van der Waals surface area contributed by atoms with Gasteiger partial charge in [-0.2, -0.15) is 13.2 Å². The van der Waals surface area contributed by atoms with Crippen LogP contribution >= 0.6 is 12.4 Å². The summed E-state index contributed by atoms with van der Waals surface area (Å²) in [7, 11) is 0. The van der Waals surface area contributed by atoms with Crippen molar-refractivity contribution in [3.8, 4) is 11.5 Å². The highest BCUT2D eigenvalue weighted by molar-refractivity contribution is 5.94. The zero-order valence-corrected chi connectivity index (χ0v) is 26.2. The minimum Gasteiger partial charge on any atom is -0.492 e. The summed E-state index contributed by atoms with van der Waals surface area (Å²) in [6, 6.07) is 19.6. The third kappa shape index (κ3) is 8.49. The van der Waals surface area contributed by atoms with Crippen LogP contribution in [-0.2, 0) is 22.8 Å². The molecule has 2 aliphatic rings. The number of nitrogens with one attached hydrogen (secondary N) is 1. The van der Waals surface area contributed by atoms with Crippen LogP contribution in [-0.4, -0.2) is 60.3 Å². The number of alkyl halides is 3. The second-order valence-corrected chi connectivity index (χ2v) is 12.5. The van der Waals surface area contributed by atoms with Crippen molar-refractivity contribution in [1.82, 2.24) is 10.2 Å². The number of piperidine rings is 1. The van der Waals surface area contributed by atoms with Crippen LogP contribution in [0.5, 0.6) is 11.5 Å². The first-order valence-electron chi connectivity index (χ1n) is 14.7. The molecule has 0 aromatic heterocycles. The number of carbonyl (C=O) groups is 2. The Labute approximate surface area is 267 Å². The molecule has 3 aromatic carbocycles. The maximum atomic E-state index is 13.0. The van der Waals surface area contributed by atoms with E-state index in [9.17, 15) is 27.9 Å². The van der Waals surface area contributed by atoms with Gasteiger partial charge < -0.3 is 24.8 Å². The van der Waals surface area contributed by atoms with Crippen LogP contribution in [0.15, 0.2) is 72.8 Å². The van der Waals surface area contributed by atoms with Gasteiger partial charge in [0.05, 0.1) is 5.56 Å². The van der Waals surface area contributed by atoms with E-state index in [0.29, 0.717) is 37.7 Å². The van der Waals surface area contributed by atoms with Crippen molar-refractivity contribution in [2.45, 2.75) is 50.9 Å². The van der Waals surface area contributed by atoms with E-state index in [4.69, 9.17) is 9.47 Å². The maximum absolute atomic E-state index is 13.0. The number of hydrogen-bond donors (Lipinski definition) is 2. The lowest BCUT2D eigenvalue weighted by Gasteiger charge is -2.21. The number of carbonyl (C=O) groups excluding carboxylic acids is 1. The Hall–Kier alpha value is -3.76. The molecular formula is C34H38ClF3N2O5. The summed E-state index contributed by atoms with van der Waals surface area (Å²) < 4.78 is 50.6. The van der Waals surface area contributed by atoms with Gasteiger partial charge in [0.1, 0.15) is 18.1 Å². The summed E-state index contributed by atoms with van der Waals surface area (Å²) in [5.41, 5.74) is 1.18. The molecule has 5 rings (SSSR count). The molecule has 4 atom stereocenters. The van der Waals surface area contributed by atoms with Gasteiger partial charge >= 0.3 is 12.1 Å². The van der Waals surface area contributed by atoms with Gasteiger partial charge in [-0.3, -0.25) is 4.79 Å². The predicted octanol–water partition coefficient (Wildman–Crippen LogP) is 6.24. The number of fused-ring (bicyclic) bond motifs is 1. The van der Waals surface area contributed by atoms with E-state index in [1.807, 2.05) is 24.3 Å². The van der Waals surface area contributed by atoms with Gasteiger partial charge in [0, 0.05) is 37.7 Å². The summed E-state index contributed by atoms with van der Waals surface area (Å²) in [6.45, 7) is 8.39. The first-order chi connectivity index (χ1) is 20.8. The van der Waals surface area contributed by atoms with Crippen LogP contribution in [0.2, 0.25) is 0 Å². The van der Waals surface area contributed by atoms with E-state index in [2.05, 4.69) is 26.1 Å². The molecular weight excluding hydrogens is 609 g/mol. The van der Waals surface area contributed by atoms with Crippen LogP contribution < -0.4 is 14.8 Å². The van der Waals surface area contributed by atoms with E-state index >= 15 is 0 Å². The molecule has 11 heteroatoms. The smallest absolute Gasteiger partial charge is 0.416 e. The van der Waals surface area contributed by atoms with E-state index in [1.165, 1.54) is 12.1 Å². The van der Waals surface area contributed by atoms with E-state index in [1.54, 1.807) is 29.2 Å². The van der Waals surface area contributed by atoms with Gasteiger partial charge in [0.2, 0.25) is 0 Å². The van der Waals surface area contributed by atoms with Gasteiger partial charge in [-0.15, -0.1) is 12.4 Å². The molecule has 1 aliphatic carbocycles. The third-order valence-corrected chi connectivity index (χ3v) is 8.29. The molecule has 7 nitrogen and oxygen atoms in total. The molecule has 1 saturated carbocycles. The quantitative estimate of drug-likeness (QED) is 0.240. The average molecular weight is 647 g/mol. The number of benzene rings is 3. The van der Waals surface area contributed by atoms with E-state index < -0.39 is 23.8 Å². The van der Waals surface area contributed by atoms with Crippen molar-refractivity contribution in [3.63, 3.8) is 0 Å². The van der Waals surface area contributed by atoms with Gasteiger partial charge in [-0.1, -0.05) is 51.1 Å². The van der Waals surface area contributed by atoms with Crippen LogP contribution in [0, 0.1) is 11.8 Å². The molecule has 1 saturated heterocycles. The van der Waals surface area contributed by atoms with Crippen molar-refractivity contribution in [1.29, 1.82) is 0 Å². The third-order valence-electron chi connectivity index (χ3n) is 8.29. The standard InChI is InChI=1S/C34H37F3N2O5.ClH/c1-33(2,3)23-9-13-26(14-10-23)44-29(32(41)42)17-21-7-11-25(12-8-21)43-16-15-38-30-27-19-39(20-28(27)30)31(40)22-5-4-6-24(18-22)34(35,36)37;/h4-14,18,27-30,38H,15-17,19-20H2,1-3H3,(H,41,42);1H/t27-,28?,29-,30?;/m0./s1. The van der Waals surface area contributed by atoms with Crippen LogP contribution in [0.3, 0.4) is 0 Å². The van der Waals surface area contributed by atoms with Crippen molar-refractivity contribution >= 4 is 24.3 Å². The number of nitrogens with zero attached hydrogens (tertiary/aromatic N) is 1. The minimum absolute atomic E-state index is 0. The molecule has 1 aliphatic heterocycles. The maximum Gasteiger partial charge on any atom is 0.416 e. The molecule has 2 unspecified atom stereocenters. The number of halogens is 4. The highest BCUT2D eigenvalue weighted by Crippen LogP contribution is 2.45. The Morgan fingerprint density at radius 3 is 2.13 bits per heavy atom. The predicted molar refractivity (Wildman–Crippen MR) is 166 cm³/mol. The van der Waals surface area contributed by atoms with E-state index in [0.717, 1.165) is 23.3 Å². The number of hydrogen-bond acceptors (Lipinski definition) is 5. The molecule has 0 radical (unpaired) electrons. The lowest BCUT2D eigenvalue weighted by molar-refractivity contribution is -0.145. The molecule has 2 N–H and O–H groups in total. The molecule has 0 spiro atoms. The second-order valence-electron chi connectivity index (χ2n) is 12.5. The monoisotopic (exact) mass is 646 g/mol. The molecule has 2 fully saturated rings. The zero-order valence-electron chi connectivity index (χ0n) is 25.3. The summed E-state index contributed by atoms with van der Waals surface area (Å²) in [5, 5.41) is 13.2. The average Bonchev–Trinajstić information content (AvgIpc) is 3.42. The topological polar surface area (TPSA) is 88.1 Å². The Morgan fingerprint density at radius 1 is 0.933 bits per heavy atom. The van der Waals surface area contributed by atoms with Gasteiger partial charge in [-0.25, -0.2) is 4.79 Å². The van der Waals surface area contributed by atoms with Crippen molar-refractivity contribution in [3.05, 3.63) is 95.1 Å². The Morgan fingerprint density at radius 2 is 1.56 bits per heavy atom. The number of amides is 1. The van der Waals surface area contributed by atoms with Gasteiger partial charge in [-0.05, 0) is 70.8 Å². The summed E-state index contributed by atoms with van der Waals surface area (Å²) in [6.07, 6.45) is -5.31.